The van der Waals surface area contributed by atoms with Crippen LogP contribution in [0.4, 0.5) is 18.9 Å². The number of nitro groups is 1. The number of hydrogen-bond donors (Lipinski definition) is 2. The zero-order valence-electron chi connectivity index (χ0n) is 13.3. The molecule has 0 aliphatic carbocycles. The van der Waals surface area contributed by atoms with Crippen molar-refractivity contribution in [1.82, 2.24) is 5.43 Å². The van der Waals surface area contributed by atoms with Crippen LogP contribution in [0.15, 0.2) is 46.0 Å². The molecule has 7 nitrogen and oxygen atoms in total. The molecule has 0 aromatic heterocycles. The smallest absolute Gasteiger partial charge is 0.416 e. The van der Waals surface area contributed by atoms with Gasteiger partial charge in [0.1, 0.15) is 5.75 Å². The van der Waals surface area contributed by atoms with Crippen LogP contribution >= 0.6 is 15.9 Å². The number of amides is 1. The lowest BCUT2D eigenvalue weighted by atomic mass is 10.1. The lowest BCUT2D eigenvalue weighted by Crippen LogP contribution is -2.20. The number of nitrogens with zero attached hydrogens (tertiary/aromatic N) is 2. The quantitative estimate of drug-likeness (QED) is 0.415. The van der Waals surface area contributed by atoms with E-state index in [9.17, 15) is 33.2 Å². The van der Waals surface area contributed by atoms with E-state index in [1.54, 1.807) is 0 Å². The monoisotopic (exact) mass is 445 g/mol. The molecule has 27 heavy (non-hydrogen) atoms. The van der Waals surface area contributed by atoms with Gasteiger partial charge in [-0.25, -0.2) is 5.43 Å². The number of carbonyl (C=O) groups excluding carboxylic acids is 1. The predicted octanol–water partition coefficient (Wildman–Crippen LogP) is 3.77. The summed E-state index contributed by atoms with van der Waals surface area (Å²) in [6.45, 7) is 0. The second-order valence-electron chi connectivity index (χ2n) is 5.29. The Morgan fingerprint density at radius 2 is 2.04 bits per heavy atom. The maximum absolute atomic E-state index is 12.7. The molecule has 142 valence electrons. The van der Waals surface area contributed by atoms with Crippen LogP contribution in [-0.4, -0.2) is 22.2 Å². The van der Waals surface area contributed by atoms with Gasteiger partial charge in [-0.1, -0.05) is 18.2 Å². The Morgan fingerprint density at radius 1 is 1.33 bits per heavy atom. The Morgan fingerprint density at radius 3 is 2.67 bits per heavy atom. The van der Waals surface area contributed by atoms with E-state index >= 15 is 0 Å². The van der Waals surface area contributed by atoms with Gasteiger partial charge < -0.3 is 5.11 Å². The molecule has 0 fully saturated rings. The highest BCUT2D eigenvalue weighted by molar-refractivity contribution is 9.10. The third-order valence-corrected chi connectivity index (χ3v) is 3.90. The predicted molar refractivity (Wildman–Crippen MR) is 93.3 cm³/mol. The third kappa shape index (κ3) is 5.51. The van der Waals surface area contributed by atoms with Crippen LogP contribution in [0, 0.1) is 10.1 Å². The number of alkyl halides is 3. The Kier molecular flexibility index (Phi) is 6.16. The highest BCUT2D eigenvalue weighted by Gasteiger charge is 2.30. The molecule has 1 amide bonds. The molecule has 0 unspecified atom stereocenters. The van der Waals surface area contributed by atoms with Gasteiger partial charge in [0.25, 0.3) is 5.69 Å². The molecule has 2 aromatic carbocycles. The number of hydrazone groups is 1. The second-order valence-corrected chi connectivity index (χ2v) is 6.14. The van der Waals surface area contributed by atoms with Crippen molar-refractivity contribution in [1.29, 1.82) is 0 Å². The van der Waals surface area contributed by atoms with E-state index in [-0.39, 0.29) is 33.5 Å². The molecule has 0 spiro atoms. The van der Waals surface area contributed by atoms with Gasteiger partial charge in [0.2, 0.25) is 5.91 Å². The fourth-order valence-corrected chi connectivity index (χ4v) is 2.53. The standard InChI is InChI=1S/C16H11BrF3N3O4/c17-13-7-12(23(26)27)6-10(15(13)25)8-21-22-14(24)5-9-2-1-3-11(4-9)16(18,19)20/h1-4,6-8,25H,5H2,(H,22,24)/b21-8+. The maximum atomic E-state index is 12.7. The van der Waals surface area contributed by atoms with Crippen LogP contribution in [0.2, 0.25) is 0 Å². The molecule has 0 aliphatic rings. The van der Waals surface area contributed by atoms with E-state index in [0.29, 0.717) is 0 Å². The number of nitro benzene ring substituents is 1. The lowest BCUT2D eigenvalue weighted by Gasteiger charge is -2.08. The molecule has 0 atom stereocenters. The van der Waals surface area contributed by atoms with E-state index in [0.717, 1.165) is 30.5 Å². The van der Waals surface area contributed by atoms with Gasteiger partial charge in [-0.05, 0) is 27.6 Å². The number of nitrogens with one attached hydrogen (secondary N) is 1. The van der Waals surface area contributed by atoms with Crippen molar-refractivity contribution in [2.24, 2.45) is 5.10 Å². The first-order chi connectivity index (χ1) is 12.6. The average molecular weight is 446 g/mol. The third-order valence-electron chi connectivity index (χ3n) is 3.30. The number of rotatable bonds is 5. The van der Waals surface area contributed by atoms with Crippen LogP contribution in [0.3, 0.4) is 0 Å². The summed E-state index contributed by atoms with van der Waals surface area (Å²) in [4.78, 5) is 21.9. The summed E-state index contributed by atoms with van der Waals surface area (Å²) in [5, 5.41) is 24.2. The normalized spacial score (nSPS) is 11.6. The molecular formula is C16H11BrF3N3O4. The number of halogens is 4. The SMILES string of the molecule is O=C(Cc1cccc(C(F)(F)F)c1)N/N=C/c1cc([N+](=O)[O-])cc(Br)c1O. The summed E-state index contributed by atoms with van der Waals surface area (Å²) in [5.41, 5.74) is 1.01. The first-order valence-electron chi connectivity index (χ1n) is 7.23. The van der Waals surface area contributed by atoms with Crippen molar-refractivity contribution in [2.45, 2.75) is 12.6 Å². The summed E-state index contributed by atoms with van der Waals surface area (Å²) in [5.74, 6) is -1.02. The fraction of sp³-hybridized carbons (Fsp3) is 0.125. The van der Waals surface area contributed by atoms with Crippen molar-refractivity contribution in [2.75, 3.05) is 0 Å². The van der Waals surface area contributed by atoms with Gasteiger partial charge in [0, 0.05) is 17.7 Å². The van der Waals surface area contributed by atoms with Crippen LogP contribution in [0.1, 0.15) is 16.7 Å². The molecular weight excluding hydrogens is 435 g/mol. The van der Waals surface area contributed by atoms with Crippen molar-refractivity contribution >= 4 is 33.7 Å². The minimum Gasteiger partial charge on any atom is -0.506 e. The summed E-state index contributed by atoms with van der Waals surface area (Å²) < 4.78 is 38.0. The fourth-order valence-electron chi connectivity index (χ4n) is 2.07. The molecule has 2 aromatic rings. The molecule has 0 heterocycles. The number of benzene rings is 2. The van der Waals surface area contributed by atoms with Gasteiger partial charge >= 0.3 is 6.18 Å². The zero-order chi connectivity index (χ0) is 20.2. The van der Waals surface area contributed by atoms with Crippen LogP contribution in [0.5, 0.6) is 5.75 Å². The van der Waals surface area contributed by atoms with E-state index in [1.807, 2.05) is 0 Å². The topological polar surface area (TPSA) is 105 Å². The van der Waals surface area contributed by atoms with Crippen molar-refractivity contribution < 1.29 is 28.0 Å². The molecule has 0 saturated heterocycles. The number of hydrogen-bond acceptors (Lipinski definition) is 5. The van der Waals surface area contributed by atoms with Crippen LogP contribution < -0.4 is 5.43 Å². The largest absolute Gasteiger partial charge is 0.506 e. The Labute approximate surface area is 158 Å². The highest BCUT2D eigenvalue weighted by atomic mass is 79.9. The van der Waals surface area contributed by atoms with Gasteiger partial charge in [-0.15, -0.1) is 0 Å². The molecule has 2 N–H and O–H groups in total. The first-order valence-corrected chi connectivity index (χ1v) is 8.02. The Bertz CT molecular complexity index is 916. The first kappa shape index (κ1) is 20.4. The molecule has 0 bridgehead atoms. The zero-order valence-corrected chi connectivity index (χ0v) is 14.9. The number of non-ortho nitro benzene ring substituents is 1. The molecule has 0 radical (unpaired) electrons. The average Bonchev–Trinajstić information content (AvgIpc) is 2.57. The minimum absolute atomic E-state index is 0.0320. The summed E-state index contributed by atoms with van der Waals surface area (Å²) >= 11 is 2.96. The number of phenols is 1. The molecule has 0 saturated carbocycles. The number of carbonyl (C=O) groups is 1. The Hall–Kier alpha value is -2.95. The van der Waals surface area contributed by atoms with Gasteiger partial charge in [0.15, 0.2) is 0 Å². The van der Waals surface area contributed by atoms with Crippen LogP contribution in [0.25, 0.3) is 0 Å². The summed E-state index contributed by atoms with van der Waals surface area (Å²) in [6.07, 6.45) is -3.89. The van der Waals surface area contributed by atoms with Gasteiger partial charge in [-0.2, -0.15) is 18.3 Å². The van der Waals surface area contributed by atoms with E-state index < -0.39 is 22.6 Å². The van der Waals surface area contributed by atoms with Crippen molar-refractivity contribution in [3.05, 3.63) is 67.7 Å². The van der Waals surface area contributed by atoms with E-state index in [2.05, 4.69) is 26.5 Å². The number of aromatic hydroxyl groups is 1. The van der Waals surface area contributed by atoms with Crippen LogP contribution in [-0.2, 0) is 17.4 Å². The minimum atomic E-state index is -4.52. The van der Waals surface area contributed by atoms with E-state index in [1.165, 1.54) is 12.1 Å². The second kappa shape index (κ2) is 8.16. The van der Waals surface area contributed by atoms with Crippen molar-refractivity contribution in [3.8, 4) is 5.75 Å². The summed E-state index contributed by atoms with van der Waals surface area (Å²) in [7, 11) is 0. The Balaban J connectivity index is 2.07. The number of phenolic OH excluding ortho intramolecular Hbond substituents is 1. The highest BCUT2D eigenvalue weighted by Crippen LogP contribution is 2.31. The summed E-state index contributed by atoms with van der Waals surface area (Å²) in [6, 6.07) is 6.44. The van der Waals surface area contributed by atoms with Gasteiger partial charge in [0.05, 0.1) is 27.6 Å². The van der Waals surface area contributed by atoms with E-state index in [4.69, 9.17) is 0 Å². The lowest BCUT2D eigenvalue weighted by molar-refractivity contribution is -0.385. The molecule has 11 heteroatoms. The maximum Gasteiger partial charge on any atom is 0.416 e. The molecule has 0 aliphatic heterocycles. The van der Waals surface area contributed by atoms with Gasteiger partial charge in [-0.3, -0.25) is 14.9 Å². The molecule has 2 rings (SSSR count). The van der Waals surface area contributed by atoms with Crippen molar-refractivity contribution in [3.63, 3.8) is 0 Å².